The minimum atomic E-state index is 0.873. The number of anilines is 2. The number of aromatic nitrogens is 3. The fourth-order valence-electron chi connectivity index (χ4n) is 3.10. The Morgan fingerprint density at radius 3 is 2.48 bits per heavy atom. The second kappa shape index (κ2) is 5.06. The van der Waals surface area contributed by atoms with Crippen molar-refractivity contribution in [1.29, 1.82) is 0 Å². The first kappa shape index (κ1) is 12.7. The summed E-state index contributed by atoms with van der Waals surface area (Å²) in [5.41, 5.74) is 3.87. The van der Waals surface area contributed by atoms with Crippen LogP contribution in [0.4, 0.5) is 11.4 Å². The minimum absolute atomic E-state index is 0.873. The van der Waals surface area contributed by atoms with Gasteiger partial charge in [-0.05, 0) is 30.9 Å². The maximum absolute atomic E-state index is 4.03. The van der Waals surface area contributed by atoms with Crippen LogP contribution >= 0.6 is 0 Å². The van der Waals surface area contributed by atoms with Crippen LogP contribution in [0.5, 0.6) is 0 Å². The van der Waals surface area contributed by atoms with E-state index in [1.165, 1.54) is 30.8 Å². The highest BCUT2D eigenvalue weighted by atomic mass is 15.4. The molecular weight excluding hydrogens is 262 g/mol. The van der Waals surface area contributed by atoms with Crippen molar-refractivity contribution < 1.29 is 0 Å². The Hall–Kier alpha value is -2.04. The SMILES string of the molecule is Cn1nncc1CN1CCN(CC2CC2)c2ccccc21. The van der Waals surface area contributed by atoms with Crippen molar-refractivity contribution in [3.05, 3.63) is 36.2 Å². The van der Waals surface area contributed by atoms with Gasteiger partial charge in [0.2, 0.25) is 0 Å². The molecule has 2 heterocycles. The van der Waals surface area contributed by atoms with Crippen LogP contribution in [0.15, 0.2) is 30.5 Å². The molecule has 2 aliphatic rings. The number of hydrogen-bond acceptors (Lipinski definition) is 4. The third kappa shape index (κ3) is 2.48. The third-order valence-corrected chi connectivity index (χ3v) is 4.54. The average Bonchev–Trinajstić information content (AvgIpc) is 3.24. The van der Waals surface area contributed by atoms with E-state index in [1.54, 1.807) is 0 Å². The maximum Gasteiger partial charge on any atom is 0.0777 e. The number of aryl methyl sites for hydroxylation is 1. The summed E-state index contributed by atoms with van der Waals surface area (Å²) in [7, 11) is 1.96. The molecule has 1 fully saturated rings. The lowest BCUT2D eigenvalue weighted by Gasteiger charge is -2.39. The predicted octanol–water partition coefficient (Wildman–Crippen LogP) is 2.05. The highest BCUT2D eigenvalue weighted by molar-refractivity contribution is 5.73. The summed E-state index contributed by atoms with van der Waals surface area (Å²) in [5, 5.41) is 8.01. The van der Waals surface area contributed by atoms with Gasteiger partial charge in [0.25, 0.3) is 0 Å². The first-order chi connectivity index (χ1) is 10.3. The molecule has 1 aromatic carbocycles. The summed E-state index contributed by atoms with van der Waals surface area (Å²) >= 11 is 0. The number of hydrogen-bond donors (Lipinski definition) is 0. The minimum Gasteiger partial charge on any atom is -0.368 e. The van der Waals surface area contributed by atoms with Gasteiger partial charge in [-0.25, -0.2) is 0 Å². The van der Waals surface area contributed by atoms with Gasteiger partial charge < -0.3 is 9.80 Å². The Labute approximate surface area is 125 Å². The molecule has 21 heavy (non-hydrogen) atoms. The molecule has 0 atom stereocenters. The van der Waals surface area contributed by atoms with E-state index in [0.29, 0.717) is 0 Å². The molecule has 0 unspecified atom stereocenters. The lowest BCUT2D eigenvalue weighted by atomic mass is 10.1. The molecule has 1 aliphatic heterocycles. The average molecular weight is 283 g/mol. The van der Waals surface area contributed by atoms with E-state index in [1.807, 2.05) is 17.9 Å². The van der Waals surface area contributed by atoms with Crippen molar-refractivity contribution in [3.8, 4) is 0 Å². The molecule has 2 aromatic rings. The lowest BCUT2D eigenvalue weighted by molar-refractivity contribution is 0.631. The molecule has 1 aliphatic carbocycles. The molecule has 0 spiro atoms. The molecule has 1 aromatic heterocycles. The molecule has 4 rings (SSSR count). The topological polar surface area (TPSA) is 37.2 Å². The number of para-hydroxylation sites is 2. The van der Waals surface area contributed by atoms with E-state index >= 15 is 0 Å². The monoisotopic (exact) mass is 283 g/mol. The second-order valence-electron chi connectivity index (χ2n) is 6.15. The number of fused-ring (bicyclic) bond motifs is 1. The van der Waals surface area contributed by atoms with Gasteiger partial charge in [-0.1, -0.05) is 17.3 Å². The van der Waals surface area contributed by atoms with Crippen LogP contribution in [0.2, 0.25) is 0 Å². The lowest BCUT2D eigenvalue weighted by Crippen LogP contribution is -2.41. The standard InChI is InChI=1S/C16H21N5/c1-19-14(10-17-18-19)12-21-9-8-20(11-13-6-7-13)15-4-2-3-5-16(15)21/h2-5,10,13H,6-9,11-12H2,1H3. The molecule has 0 N–H and O–H groups in total. The van der Waals surface area contributed by atoms with Crippen LogP contribution in [-0.2, 0) is 13.6 Å². The number of benzene rings is 1. The molecule has 5 nitrogen and oxygen atoms in total. The summed E-state index contributed by atoms with van der Waals surface area (Å²) in [6.07, 6.45) is 4.67. The maximum atomic E-state index is 4.03. The summed E-state index contributed by atoms with van der Waals surface area (Å²) in [5.74, 6) is 0.922. The van der Waals surface area contributed by atoms with Gasteiger partial charge in [0.05, 0.1) is 29.8 Å². The molecule has 0 amide bonds. The van der Waals surface area contributed by atoms with E-state index in [0.717, 1.165) is 31.2 Å². The van der Waals surface area contributed by atoms with Gasteiger partial charge in [-0.2, -0.15) is 0 Å². The molecule has 110 valence electrons. The predicted molar refractivity (Wildman–Crippen MR) is 83.4 cm³/mol. The van der Waals surface area contributed by atoms with E-state index in [4.69, 9.17) is 0 Å². The first-order valence-electron chi connectivity index (χ1n) is 7.74. The Morgan fingerprint density at radius 1 is 1.10 bits per heavy atom. The molecular formula is C16H21N5. The molecule has 0 bridgehead atoms. The van der Waals surface area contributed by atoms with E-state index in [9.17, 15) is 0 Å². The van der Waals surface area contributed by atoms with Crippen molar-refractivity contribution in [1.82, 2.24) is 15.0 Å². The zero-order valence-corrected chi connectivity index (χ0v) is 12.4. The van der Waals surface area contributed by atoms with E-state index < -0.39 is 0 Å². The molecule has 0 saturated heterocycles. The third-order valence-electron chi connectivity index (χ3n) is 4.54. The summed E-state index contributed by atoms with van der Waals surface area (Å²) in [4.78, 5) is 5.00. The van der Waals surface area contributed by atoms with Crippen molar-refractivity contribution >= 4 is 11.4 Å². The Bertz CT molecular complexity index is 631. The number of rotatable bonds is 4. The van der Waals surface area contributed by atoms with Crippen LogP contribution in [0.25, 0.3) is 0 Å². The van der Waals surface area contributed by atoms with E-state index in [2.05, 4.69) is 44.4 Å². The fraction of sp³-hybridized carbons (Fsp3) is 0.500. The van der Waals surface area contributed by atoms with Crippen molar-refractivity contribution in [2.24, 2.45) is 13.0 Å². The van der Waals surface area contributed by atoms with Gasteiger partial charge in [0, 0.05) is 26.7 Å². The molecule has 1 saturated carbocycles. The number of nitrogens with zero attached hydrogens (tertiary/aromatic N) is 5. The Morgan fingerprint density at radius 2 is 1.81 bits per heavy atom. The summed E-state index contributed by atoms with van der Waals surface area (Å²) < 4.78 is 1.86. The Balaban J connectivity index is 1.59. The van der Waals surface area contributed by atoms with Crippen molar-refractivity contribution in [3.63, 3.8) is 0 Å². The smallest absolute Gasteiger partial charge is 0.0777 e. The normalized spacial score (nSPS) is 18.0. The van der Waals surface area contributed by atoms with E-state index in [-0.39, 0.29) is 0 Å². The van der Waals surface area contributed by atoms with Crippen LogP contribution in [-0.4, -0.2) is 34.6 Å². The fourth-order valence-corrected chi connectivity index (χ4v) is 3.10. The van der Waals surface area contributed by atoms with Crippen molar-refractivity contribution in [2.45, 2.75) is 19.4 Å². The highest BCUT2D eigenvalue weighted by Crippen LogP contribution is 2.37. The van der Waals surface area contributed by atoms with Gasteiger partial charge in [-0.15, -0.1) is 5.10 Å². The van der Waals surface area contributed by atoms with Crippen LogP contribution in [0.1, 0.15) is 18.5 Å². The first-order valence-corrected chi connectivity index (χ1v) is 7.74. The Kier molecular flexibility index (Phi) is 3.05. The highest BCUT2D eigenvalue weighted by Gasteiger charge is 2.29. The summed E-state index contributed by atoms with van der Waals surface area (Å²) in [6.45, 7) is 4.27. The van der Waals surface area contributed by atoms with Gasteiger partial charge in [0.15, 0.2) is 0 Å². The zero-order valence-electron chi connectivity index (χ0n) is 12.4. The van der Waals surface area contributed by atoms with Crippen LogP contribution in [0.3, 0.4) is 0 Å². The zero-order chi connectivity index (χ0) is 14.2. The van der Waals surface area contributed by atoms with Crippen LogP contribution < -0.4 is 9.80 Å². The second-order valence-corrected chi connectivity index (χ2v) is 6.15. The van der Waals surface area contributed by atoms with Crippen molar-refractivity contribution in [2.75, 3.05) is 29.4 Å². The summed E-state index contributed by atoms with van der Waals surface area (Å²) in [6, 6.07) is 8.77. The largest absolute Gasteiger partial charge is 0.368 e. The molecule has 0 radical (unpaired) electrons. The van der Waals surface area contributed by atoms with Crippen LogP contribution in [0, 0.1) is 5.92 Å². The van der Waals surface area contributed by atoms with Gasteiger partial charge in [-0.3, -0.25) is 4.68 Å². The van der Waals surface area contributed by atoms with Gasteiger partial charge >= 0.3 is 0 Å². The van der Waals surface area contributed by atoms with Gasteiger partial charge in [0.1, 0.15) is 0 Å². The quantitative estimate of drug-likeness (QED) is 0.860. The molecule has 5 heteroatoms.